The van der Waals surface area contributed by atoms with Gasteiger partial charge in [0, 0.05) is 13.1 Å². The number of nitrogens with one attached hydrogen (secondary N) is 1. The molecule has 0 radical (unpaired) electrons. The van der Waals surface area contributed by atoms with E-state index in [4.69, 9.17) is 0 Å². The normalized spacial score (nSPS) is 25.9. The lowest BCUT2D eigenvalue weighted by Gasteiger charge is -2.39. The van der Waals surface area contributed by atoms with Crippen LogP contribution in [-0.4, -0.2) is 37.3 Å². The first-order valence-electron chi connectivity index (χ1n) is 7.66. The second kappa shape index (κ2) is 5.73. The van der Waals surface area contributed by atoms with Gasteiger partial charge in [0.25, 0.3) is 0 Å². The average Bonchev–Trinajstić information content (AvgIpc) is 2.95. The number of amides is 1. The van der Waals surface area contributed by atoms with E-state index in [0.29, 0.717) is 38.3 Å². The Hall–Kier alpha value is -1.61. The number of rotatable bonds is 2. The van der Waals surface area contributed by atoms with Crippen molar-refractivity contribution in [1.29, 1.82) is 0 Å². The van der Waals surface area contributed by atoms with E-state index in [1.165, 1.54) is 0 Å². The molecule has 1 atom stereocenters. The van der Waals surface area contributed by atoms with Crippen LogP contribution in [0, 0.1) is 0 Å². The summed E-state index contributed by atoms with van der Waals surface area (Å²) in [5.74, 6) is -0.359. The third kappa shape index (κ3) is 2.69. The van der Waals surface area contributed by atoms with Crippen LogP contribution in [0.2, 0.25) is 0 Å². The third-order valence-electron chi connectivity index (χ3n) is 4.65. The molecule has 0 saturated carbocycles. The molecule has 3 rings (SSSR count). The predicted molar refractivity (Wildman–Crippen MR) is 79.5 cm³/mol. The number of halogens is 3. The first-order valence-corrected chi connectivity index (χ1v) is 9.10. The zero-order valence-corrected chi connectivity index (χ0v) is 13.6. The molecule has 2 fully saturated rings. The summed E-state index contributed by atoms with van der Waals surface area (Å²) in [6, 6.07) is 3.66. The van der Waals surface area contributed by atoms with Crippen molar-refractivity contribution < 1.29 is 26.4 Å². The van der Waals surface area contributed by atoms with Gasteiger partial charge in [0.1, 0.15) is 5.54 Å². The van der Waals surface area contributed by atoms with E-state index < -0.39 is 32.2 Å². The fourth-order valence-corrected chi connectivity index (χ4v) is 5.38. The Bertz CT molecular complexity index is 763. The van der Waals surface area contributed by atoms with Crippen LogP contribution in [0.15, 0.2) is 29.2 Å². The Morgan fingerprint density at radius 2 is 1.88 bits per heavy atom. The quantitative estimate of drug-likeness (QED) is 0.877. The molecule has 5 nitrogen and oxygen atoms in total. The molecule has 1 aromatic carbocycles. The second-order valence-electron chi connectivity index (χ2n) is 6.10. The molecular weight excluding hydrogens is 345 g/mol. The molecule has 24 heavy (non-hydrogen) atoms. The maximum Gasteiger partial charge on any atom is 0.416 e. The van der Waals surface area contributed by atoms with Crippen LogP contribution in [0.4, 0.5) is 13.2 Å². The van der Waals surface area contributed by atoms with Gasteiger partial charge in [-0.1, -0.05) is 6.07 Å². The molecule has 1 amide bonds. The van der Waals surface area contributed by atoms with Crippen molar-refractivity contribution in [3.63, 3.8) is 0 Å². The minimum atomic E-state index is -4.63. The molecule has 132 valence electrons. The summed E-state index contributed by atoms with van der Waals surface area (Å²) in [6.07, 6.45) is -2.71. The average molecular weight is 362 g/mol. The van der Waals surface area contributed by atoms with E-state index >= 15 is 0 Å². The number of carbonyl (C=O) groups excluding carboxylic acids is 1. The summed E-state index contributed by atoms with van der Waals surface area (Å²) < 4.78 is 65.5. The number of hydrogen-bond acceptors (Lipinski definition) is 3. The zero-order chi connectivity index (χ0) is 17.6. The van der Waals surface area contributed by atoms with Crippen molar-refractivity contribution in [1.82, 2.24) is 9.62 Å². The van der Waals surface area contributed by atoms with Crippen molar-refractivity contribution in [2.45, 2.75) is 42.3 Å². The molecule has 2 heterocycles. The molecule has 1 unspecified atom stereocenters. The lowest BCUT2D eigenvalue weighted by atomic mass is 9.88. The summed E-state index contributed by atoms with van der Waals surface area (Å²) in [6.45, 7) is 0.615. The van der Waals surface area contributed by atoms with Gasteiger partial charge in [-0.3, -0.25) is 4.79 Å². The number of benzene rings is 1. The van der Waals surface area contributed by atoms with E-state index in [1.807, 2.05) is 0 Å². The van der Waals surface area contributed by atoms with Crippen molar-refractivity contribution in [3.05, 3.63) is 29.8 Å². The van der Waals surface area contributed by atoms with Gasteiger partial charge in [0.15, 0.2) is 0 Å². The Balaban J connectivity index is 2.03. The van der Waals surface area contributed by atoms with Crippen LogP contribution in [0.5, 0.6) is 0 Å². The Morgan fingerprint density at radius 1 is 1.17 bits per heavy atom. The summed E-state index contributed by atoms with van der Waals surface area (Å²) in [5.41, 5.74) is -2.20. The SMILES string of the molecule is O=C1NCCCC12CCCN2S(=O)(=O)c1cccc(C(F)(F)F)c1. The first kappa shape index (κ1) is 17.2. The number of sulfonamides is 1. The lowest BCUT2D eigenvalue weighted by Crippen LogP contribution is -2.60. The summed E-state index contributed by atoms with van der Waals surface area (Å²) in [5, 5.41) is 2.68. The van der Waals surface area contributed by atoms with Gasteiger partial charge in [-0.25, -0.2) is 8.42 Å². The minimum absolute atomic E-state index is 0.131. The maximum absolute atomic E-state index is 12.9. The van der Waals surface area contributed by atoms with E-state index in [1.54, 1.807) is 0 Å². The fourth-order valence-electron chi connectivity index (χ4n) is 3.50. The molecule has 1 spiro atoms. The van der Waals surface area contributed by atoms with Gasteiger partial charge in [-0.15, -0.1) is 0 Å². The van der Waals surface area contributed by atoms with Crippen LogP contribution in [-0.2, 0) is 21.0 Å². The Morgan fingerprint density at radius 3 is 2.54 bits per heavy atom. The van der Waals surface area contributed by atoms with Gasteiger partial charge in [-0.2, -0.15) is 17.5 Å². The minimum Gasteiger partial charge on any atom is -0.354 e. The smallest absolute Gasteiger partial charge is 0.354 e. The fraction of sp³-hybridized carbons (Fsp3) is 0.533. The molecule has 9 heteroatoms. The molecule has 0 aromatic heterocycles. The Kier molecular flexibility index (Phi) is 4.11. The molecule has 0 bridgehead atoms. The molecule has 0 aliphatic carbocycles. The number of carbonyl (C=O) groups is 1. The van der Waals surface area contributed by atoms with Gasteiger partial charge in [0.2, 0.25) is 15.9 Å². The van der Waals surface area contributed by atoms with Crippen molar-refractivity contribution in [3.8, 4) is 0 Å². The lowest BCUT2D eigenvalue weighted by molar-refractivity contribution is -0.137. The number of hydrogen-bond donors (Lipinski definition) is 1. The highest BCUT2D eigenvalue weighted by Gasteiger charge is 2.53. The molecular formula is C15H17F3N2O3S. The highest BCUT2D eigenvalue weighted by atomic mass is 32.2. The standard InChI is InChI=1S/C15H17F3N2O3S/c16-15(17,18)11-4-1-5-12(10-11)24(22,23)20-9-3-7-14(20)6-2-8-19-13(14)21/h1,4-5,10H,2-3,6-9H2,(H,19,21). The van der Waals surface area contributed by atoms with E-state index in [-0.39, 0.29) is 12.5 Å². The van der Waals surface area contributed by atoms with Gasteiger partial charge < -0.3 is 5.32 Å². The van der Waals surface area contributed by atoms with Crippen molar-refractivity contribution >= 4 is 15.9 Å². The number of alkyl halides is 3. The van der Waals surface area contributed by atoms with Crippen LogP contribution in [0.1, 0.15) is 31.2 Å². The molecule has 2 aliphatic rings. The van der Waals surface area contributed by atoms with E-state index in [0.717, 1.165) is 22.5 Å². The Labute approximate surface area is 137 Å². The maximum atomic E-state index is 12.9. The van der Waals surface area contributed by atoms with Crippen LogP contribution < -0.4 is 5.32 Å². The van der Waals surface area contributed by atoms with Gasteiger partial charge in [-0.05, 0) is 43.9 Å². The monoisotopic (exact) mass is 362 g/mol. The number of nitrogens with zero attached hydrogens (tertiary/aromatic N) is 1. The van der Waals surface area contributed by atoms with Crippen LogP contribution >= 0.6 is 0 Å². The highest BCUT2D eigenvalue weighted by Crippen LogP contribution is 2.40. The summed E-state index contributed by atoms with van der Waals surface area (Å²) in [4.78, 5) is 11.9. The van der Waals surface area contributed by atoms with Crippen LogP contribution in [0.25, 0.3) is 0 Å². The largest absolute Gasteiger partial charge is 0.416 e. The zero-order valence-electron chi connectivity index (χ0n) is 12.8. The predicted octanol–water partition coefficient (Wildman–Crippen LogP) is 2.14. The van der Waals surface area contributed by atoms with Gasteiger partial charge in [0.05, 0.1) is 10.5 Å². The van der Waals surface area contributed by atoms with Crippen molar-refractivity contribution in [2.75, 3.05) is 13.1 Å². The molecule has 2 aliphatic heterocycles. The topological polar surface area (TPSA) is 66.5 Å². The van der Waals surface area contributed by atoms with E-state index in [2.05, 4.69) is 5.32 Å². The van der Waals surface area contributed by atoms with Crippen molar-refractivity contribution in [2.24, 2.45) is 0 Å². The highest BCUT2D eigenvalue weighted by molar-refractivity contribution is 7.89. The number of piperidine rings is 1. The van der Waals surface area contributed by atoms with Crippen LogP contribution in [0.3, 0.4) is 0 Å². The summed E-state index contributed by atoms with van der Waals surface area (Å²) in [7, 11) is -4.19. The molecule has 1 N–H and O–H groups in total. The first-order chi connectivity index (χ1) is 11.2. The molecule has 2 saturated heterocycles. The third-order valence-corrected chi connectivity index (χ3v) is 6.62. The van der Waals surface area contributed by atoms with Gasteiger partial charge >= 0.3 is 6.18 Å². The molecule has 1 aromatic rings. The summed E-state index contributed by atoms with van der Waals surface area (Å²) >= 11 is 0. The second-order valence-corrected chi connectivity index (χ2v) is 7.96. The van der Waals surface area contributed by atoms with E-state index in [9.17, 15) is 26.4 Å².